The van der Waals surface area contributed by atoms with Gasteiger partial charge in [0.2, 0.25) is 5.91 Å². The van der Waals surface area contributed by atoms with Crippen LogP contribution in [0, 0.1) is 5.82 Å². The highest BCUT2D eigenvalue weighted by Gasteiger charge is 2.11. The van der Waals surface area contributed by atoms with Crippen molar-refractivity contribution in [2.75, 3.05) is 19.5 Å². The first-order valence-corrected chi connectivity index (χ1v) is 8.59. The van der Waals surface area contributed by atoms with Crippen LogP contribution in [0.1, 0.15) is 18.2 Å². The van der Waals surface area contributed by atoms with Crippen molar-refractivity contribution in [1.82, 2.24) is 9.97 Å². The van der Waals surface area contributed by atoms with E-state index in [4.69, 9.17) is 9.47 Å². The first-order valence-electron chi connectivity index (χ1n) is 8.59. The zero-order chi connectivity index (χ0) is 20.1. The number of hydrogen-bond acceptors (Lipinski definition) is 5. The first kappa shape index (κ1) is 19.3. The smallest absolute Gasteiger partial charge is 0.221 e. The van der Waals surface area contributed by atoms with Gasteiger partial charge in [0.1, 0.15) is 23.6 Å². The van der Waals surface area contributed by atoms with Crippen LogP contribution >= 0.6 is 0 Å². The summed E-state index contributed by atoms with van der Waals surface area (Å²) >= 11 is 0. The van der Waals surface area contributed by atoms with Crippen LogP contribution in [0.25, 0.3) is 11.3 Å². The lowest BCUT2D eigenvalue weighted by Crippen LogP contribution is -2.07. The first-order chi connectivity index (χ1) is 13.5. The topological polar surface area (TPSA) is 73.3 Å². The van der Waals surface area contributed by atoms with E-state index in [-0.39, 0.29) is 11.7 Å². The summed E-state index contributed by atoms with van der Waals surface area (Å²) in [4.78, 5) is 20.0. The lowest BCUT2D eigenvalue weighted by Gasteiger charge is -2.12. The number of anilines is 1. The molecule has 6 nitrogen and oxygen atoms in total. The Kier molecular flexibility index (Phi) is 5.84. The number of hydrogen-bond donors (Lipinski definition) is 1. The normalized spacial score (nSPS) is 10.4. The number of ether oxygens (including phenoxy) is 2. The molecule has 3 rings (SSSR count). The molecule has 0 fully saturated rings. The highest BCUT2D eigenvalue weighted by molar-refractivity contribution is 5.90. The van der Waals surface area contributed by atoms with E-state index in [1.165, 1.54) is 32.5 Å². The van der Waals surface area contributed by atoms with E-state index in [0.717, 1.165) is 11.3 Å². The van der Waals surface area contributed by atoms with Gasteiger partial charge in [0.05, 0.1) is 25.6 Å². The average molecular weight is 381 g/mol. The fourth-order valence-electron chi connectivity index (χ4n) is 2.88. The van der Waals surface area contributed by atoms with E-state index in [0.29, 0.717) is 34.9 Å². The molecule has 144 valence electrons. The summed E-state index contributed by atoms with van der Waals surface area (Å²) in [7, 11) is 3.04. The Morgan fingerprint density at radius 2 is 1.82 bits per heavy atom. The Morgan fingerprint density at radius 3 is 2.54 bits per heavy atom. The second-order valence-corrected chi connectivity index (χ2v) is 6.13. The minimum Gasteiger partial charge on any atom is -0.496 e. The summed E-state index contributed by atoms with van der Waals surface area (Å²) in [5.74, 6) is 0.433. The predicted octanol–water partition coefficient (Wildman–Crippen LogP) is 3.85. The molecule has 0 radical (unpaired) electrons. The fourth-order valence-corrected chi connectivity index (χ4v) is 2.88. The van der Waals surface area contributed by atoms with E-state index in [1.54, 1.807) is 19.2 Å². The lowest BCUT2D eigenvalue weighted by atomic mass is 10.1. The van der Waals surface area contributed by atoms with Crippen LogP contribution in [0.5, 0.6) is 11.5 Å². The monoisotopic (exact) mass is 381 g/mol. The van der Waals surface area contributed by atoms with E-state index in [2.05, 4.69) is 15.3 Å². The number of aromatic nitrogens is 2. The van der Waals surface area contributed by atoms with Gasteiger partial charge in [0, 0.05) is 30.7 Å². The molecule has 0 unspecified atom stereocenters. The molecule has 2 aromatic carbocycles. The molecule has 0 aliphatic heterocycles. The van der Waals surface area contributed by atoms with Crippen molar-refractivity contribution in [3.8, 4) is 22.8 Å². The molecule has 0 bridgehead atoms. The summed E-state index contributed by atoms with van der Waals surface area (Å²) in [6, 6.07) is 11.7. The summed E-state index contributed by atoms with van der Waals surface area (Å²) in [6.45, 7) is 1.44. The van der Waals surface area contributed by atoms with Crippen LogP contribution < -0.4 is 14.8 Å². The van der Waals surface area contributed by atoms with Gasteiger partial charge in [-0.15, -0.1) is 0 Å². The van der Waals surface area contributed by atoms with E-state index < -0.39 is 0 Å². The summed E-state index contributed by atoms with van der Waals surface area (Å²) < 4.78 is 24.0. The molecule has 1 aromatic heterocycles. The molecule has 0 spiro atoms. The van der Waals surface area contributed by atoms with Crippen molar-refractivity contribution in [2.24, 2.45) is 0 Å². The van der Waals surface area contributed by atoms with Gasteiger partial charge in [-0.25, -0.2) is 14.4 Å². The van der Waals surface area contributed by atoms with Gasteiger partial charge in [-0.05, 0) is 35.9 Å². The molecule has 1 amide bonds. The van der Waals surface area contributed by atoms with Crippen LogP contribution in [0.3, 0.4) is 0 Å². The third-order valence-electron chi connectivity index (χ3n) is 4.12. The zero-order valence-electron chi connectivity index (χ0n) is 15.8. The van der Waals surface area contributed by atoms with Crippen molar-refractivity contribution >= 4 is 11.6 Å². The third kappa shape index (κ3) is 4.43. The largest absolute Gasteiger partial charge is 0.496 e. The lowest BCUT2D eigenvalue weighted by molar-refractivity contribution is -0.114. The number of nitrogens with zero attached hydrogens (tertiary/aromatic N) is 2. The van der Waals surface area contributed by atoms with Gasteiger partial charge >= 0.3 is 0 Å². The van der Waals surface area contributed by atoms with Crippen molar-refractivity contribution in [3.05, 3.63) is 65.9 Å². The van der Waals surface area contributed by atoms with Gasteiger partial charge in [0.25, 0.3) is 0 Å². The number of rotatable bonds is 6. The number of amides is 1. The Hall–Kier alpha value is -3.48. The second-order valence-electron chi connectivity index (χ2n) is 6.13. The van der Waals surface area contributed by atoms with Gasteiger partial charge in [-0.3, -0.25) is 4.79 Å². The van der Waals surface area contributed by atoms with E-state index >= 15 is 0 Å². The van der Waals surface area contributed by atoms with Crippen molar-refractivity contribution in [2.45, 2.75) is 13.3 Å². The fraction of sp³-hybridized carbons (Fsp3) is 0.190. The molecule has 0 aliphatic carbocycles. The van der Waals surface area contributed by atoms with Gasteiger partial charge in [-0.1, -0.05) is 6.07 Å². The Bertz CT molecular complexity index is 1010. The molecule has 0 saturated heterocycles. The highest BCUT2D eigenvalue weighted by Crippen LogP contribution is 2.30. The molecule has 0 aliphatic rings. The standard InChI is InChI=1S/C21H20FN3O3/c1-13(26)25-19-9-14(4-7-20(19)27-2)8-16-11-18(24-12-23-16)17-6-5-15(22)10-21(17)28-3/h4-7,9-12H,8H2,1-3H3,(H,25,26). The molecular weight excluding hydrogens is 361 g/mol. The third-order valence-corrected chi connectivity index (χ3v) is 4.12. The maximum atomic E-state index is 13.5. The predicted molar refractivity (Wildman–Crippen MR) is 104 cm³/mol. The molecule has 0 saturated carbocycles. The number of carbonyl (C=O) groups is 1. The quantitative estimate of drug-likeness (QED) is 0.702. The molecule has 7 heteroatoms. The van der Waals surface area contributed by atoms with E-state index in [9.17, 15) is 9.18 Å². The summed E-state index contributed by atoms with van der Waals surface area (Å²) in [6.07, 6.45) is 1.99. The van der Waals surface area contributed by atoms with Crippen molar-refractivity contribution in [1.29, 1.82) is 0 Å². The van der Waals surface area contributed by atoms with Crippen LogP contribution in [0.2, 0.25) is 0 Å². The molecule has 1 heterocycles. The highest BCUT2D eigenvalue weighted by atomic mass is 19.1. The molecule has 1 N–H and O–H groups in total. The van der Waals surface area contributed by atoms with Crippen molar-refractivity contribution in [3.63, 3.8) is 0 Å². The molecule has 28 heavy (non-hydrogen) atoms. The van der Waals surface area contributed by atoms with E-state index in [1.807, 2.05) is 18.2 Å². The number of methoxy groups -OCH3 is 2. The maximum absolute atomic E-state index is 13.5. The maximum Gasteiger partial charge on any atom is 0.221 e. The van der Waals surface area contributed by atoms with Gasteiger partial charge in [-0.2, -0.15) is 0 Å². The molecule has 0 atom stereocenters. The van der Waals surface area contributed by atoms with Crippen LogP contribution in [0.15, 0.2) is 48.8 Å². The Morgan fingerprint density at radius 1 is 1.04 bits per heavy atom. The van der Waals surface area contributed by atoms with Gasteiger partial charge in [0.15, 0.2) is 0 Å². The minimum absolute atomic E-state index is 0.178. The number of benzene rings is 2. The van der Waals surface area contributed by atoms with Crippen LogP contribution in [-0.4, -0.2) is 30.1 Å². The Balaban J connectivity index is 1.91. The minimum atomic E-state index is -0.376. The average Bonchev–Trinajstić information content (AvgIpc) is 2.68. The molecular formula is C21H20FN3O3. The van der Waals surface area contributed by atoms with Crippen LogP contribution in [0.4, 0.5) is 10.1 Å². The number of halogens is 1. The second kappa shape index (κ2) is 8.47. The zero-order valence-corrected chi connectivity index (χ0v) is 15.8. The SMILES string of the molecule is COc1ccc(Cc2cc(-c3ccc(F)cc3OC)ncn2)cc1NC(C)=O. The van der Waals surface area contributed by atoms with Crippen molar-refractivity contribution < 1.29 is 18.7 Å². The Labute approximate surface area is 162 Å². The summed E-state index contributed by atoms with van der Waals surface area (Å²) in [5.41, 5.74) is 3.64. The number of carbonyl (C=O) groups excluding carboxylic acids is 1. The molecule has 3 aromatic rings. The number of nitrogens with one attached hydrogen (secondary N) is 1. The summed E-state index contributed by atoms with van der Waals surface area (Å²) in [5, 5.41) is 2.76. The van der Waals surface area contributed by atoms with Crippen LogP contribution in [-0.2, 0) is 11.2 Å². The van der Waals surface area contributed by atoms with Gasteiger partial charge < -0.3 is 14.8 Å².